The van der Waals surface area contributed by atoms with Crippen molar-refractivity contribution >= 4 is 12.1 Å². The van der Waals surface area contributed by atoms with Gasteiger partial charge in [0, 0.05) is 32.2 Å². The van der Waals surface area contributed by atoms with Crippen molar-refractivity contribution in [3.63, 3.8) is 0 Å². The number of nitrogens with zero attached hydrogens (tertiary/aromatic N) is 2. The van der Waals surface area contributed by atoms with Crippen LogP contribution >= 0.6 is 0 Å². The van der Waals surface area contributed by atoms with Crippen molar-refractivity contribution < 1.29 is 23.7 Å². The van der Waals surface area contributed by atoms with Crippen molar-refractivity contribution in [2.24, 2.45) is 4.99 Å². The fourth-order valence-electron chi connectivity index (χ4n) is 3.55. The molecule has 9 heteroatoms. The lowest BCUT2D eigenvalue weighted by Gasteiger charge is -2.23. The van der Waals surface area contributed by atoms with E-state index in [9.17, 15) is 4.79 Å². The third-order valence-corrected chi connectivity index (χ3v) is 4.88. The van der Waals surface area contributed by atoms with Gasteiger partial charge in [-0.2, -0.15) is 0 Å². The van der Waals surface area contributed by atoms with E-state index in [0.29, 0.717) is 30.3 Å². The Balaban J connectivity index is 1.90. The maximum absolute atomic E-state index is 12.0. The molecular weight excluding hydrogens is 400 g/mol. The number of benzene rings is 1. The fraction of sp³-hybridized carbons (Fsp3) is 0.636. The second-order valence-electron chi connectivity index (χ2n) is 8.30. The predicted molar refractivity (Wildman–Crippen MR) is 121 cm³/mol. The van der Waals surface area contributed by atoms with Gasteiger partial charge in [-0.3, -0.25) is 4.99 Å². The molecule has 1 fully saturated rings. The summed E-state index contributed by atoms with van der Waals surface area (Å²) in [7, 11) is 6.58. The molecule has 1 aliphatic heterocycles. The summed E-state index contributed by atoms with van der Waals surface area (Å²) in [5.41, 5.74) is 0.500. The number of hydrogen-bond donors (Lipinski definition) is 2. The van der Waals surface area contributed by atoms with E-state index in [-0.39, 0.29) is 12.1 Å². The van der Waals surface area contributed by atoms with Crippen molar-refractivity contribution in [3.8, 4) is 17.2 Å². The SMILES string of the molecule is CN=C(NCCc1ccc(OC)c(OC)c1OC)N1CCC(NC(=O)OC(C)(C)C)C1. The van der Waals surface area contributed by atoms with Crippen LogP contribution in [-0.4, -0.2) is 76.6 Å². The summed E-state index contributed by atoms with van der Waals surface area (Å²) in [5, 5.41) is 6.33. The first-order valence-electron chi connectivity index (χ1n) is 10.4. The molecule has 1 amide bonds. The molecule has 31 heavy (non-hydrogen) atoms. The number of hydrogen-bond acceptors (Lipinski definition) is 6. The zero-order valence-corrected chi connectivity index (χ0v) is 19.7. The van der Waals surface area contributed by atoms with Gasteiger partial charge in [-0.1, -0.05) is 6.07 Å². The Bertz CT molecular complexity index is 776. The first kappa shape index (κ1) is 24.4. The Morgan fingerprint density at radius 3 is 2.45 bits per heavy atom. The van der Waals surface area contributed by atoms with Gasteiger partial charge in [0.25, 0.3) is 0 Å². The minimum absolute atomic E-state index is 0.0272. The minimum atomic E-state index is -0.509. The van der Waals surface area contributed by atoms with E-state index in [2.05, 4.69) is 20.5 Å². The Labute approximate surface area is 185 Å². The van der Waals surface area contributed by atoms with Crippen molar-refractivity contribution in [3.05, 3.63) is 17.7 Å². The number of alkyl carbamates (subject to hydrolysis) is 1. The molecule has 0 saturated carbocycles. The number of nitrogens with one attached hydrogen (secondary N) is 2. The molecule has 1 atom stereocenters. The number of rotatable bonds is 7. The second kappa shape index (κ2) is 11.0. The molecule has 1 heterocycles. The molecule has 1 unspecified atom stereocenters. The smallest absolute Gasteiger partial charge is 0.407 e. The topological polar surface area (TPSA) is 93.7 Å². The predicted octanol–water partition coefficient (Wildman–Crippen LogP) is 2.43. The Morgan fingerprint density at radius 2 is 1.87 bits per heavy atom. The van der Waals surface area contributed by atoms with E-state index >= 15 is 0 Å². The van der Waals surface area contributed by atoms with Gasteiger partial charge in [-0.15, -0.1) is 0 Å². The lowest BCUT2D eigenvalue weighted by molar-refractivity contribution is 0.0507. The van der Waals surface area contributed by atoms with E-state index in [1.165, 1.54) is 0 Å². The molecule has 1 aromatic rings. The van der Waals surface area contributed by atoms with Gasteiger partial charge in [-0.05, 0) is 39.7 Å². The standard InChI is InChI=1S/C22H36N4O5/c1-22(2,3)31-21(27)25-16-11-13-26(14-16)20(23-4)24-12-10-15-8-9-17(28-5)19(30-7)18(15)29-6/h8-9,16H,10-14H2,1-7H3,(H,23,24)(H,25,27). The van der Waals surface area contributed by atoms with Crippen LogP contribution in [0, 0.1) is 0 Å². The van der Waals surface area contributed by atoms with Crippen LogP contribution in [0.25, 0.3) is 0 Å². The van der Waals surface area contributed by atoms with Crippen LogP contribution in [0.3, 0.4) is 0 Å². The van der Waals surface area contributed by atoms with Crippen LogP contribution < -0.4 is 24.8 Å². The number of carbonyl (C=O) groups is 1. The summed E-state index contributed by atoms with van der Waals surface area (Å²) >= 11 is 0. The van der Waals surface area contributed by atoms with Gasteiger partial charge in [0.05, 0.1) is 27.4 Å². The Morgan fingerprint density at radius 1 is 1.16 bits per heavy atom. The summed E-state index contributed by atoms with van der Waals surface area (Å²) in [6.07, 6.45) is 1.17. The van der Waals surface area contributed by atoms with Crippen LogP contribution in [0.2, 0.25) is 0 Å². The van der Waals surface area contributed by atoms with Gasteiger partial charge in [0.15, 0.2) is 17.5 Å². The van der Waals surface area contributed by atoms with Crippen molar-refractivity contribution in [2.45, 2.75) is 45.3 Å². The minimum Gasteiger partial charge on any atom is -0.493 e. The van der Waals surface area contributed by atoms with Gasteiger partial charge < -0.3 is 34.5 Å². The molecule has 9 nitrogen and oxygen atoms in total. The molecule has 1 aliphatic rings. The molecule has 2 N–H and O–H groups in total. The van der Waals surface area contributed by atoms with Crippen molar-refractivity contribution in [1.82, 2.24) is 15.5 Å². The van der Waals surface area contributed by atoms with Crippen molar-refractivity contribution in [1.29, 1.82) is 0 Å². The number of amides is 1. The van der Waals surface area contributed by atoms with Crippen molar-refractivity contribution in [2.75, 3.05) is 48.0 Å². The van der Waals surface area contributed by atoms with Crippen LogP contribution in [0.15, 0.2) is 17.1 Å². The quantitative estimate of drug-likeness (QED) is 0.501. The normalized spacial score (nSPS) is 16.7. The molecule has 174 valence electrons. The van der Waals surface area contributed by atoms with Gasteiger partial charge in [0.1, 0.15) is 5.60 Å². The first-order valence-corrected chi connectivity index (χ1v) is 10.4. The highest BCUT2D eigenvalue weighted by Crippen LogP contribution is 2.39. The molecule has 0 bridgehead atoms. The average Bonchev–Trinajstić information content (AvgIpc) is 3.16. The lowest BCUT2D eigenvalue weighted by Crippen LogP contribution is -2.44. The third kappa shape index (κ3) is 6.83. The average molecular weight is 437 g/mol. The zero-order chi connectivity index (χ0) is 23.0. The number of likely N-dealkylation sites (tertiary alicyclic amines) is 1. The second-order valence-corrected chi connectivity index (χ2v) is 8.30. The van der Waals surface area contributed by atoms with E-state index in [0.717, 1.165) is 30.9 Å². The zero-order valence-electron chi connectivity index (χ0n) is 19.7. The molecule has 1 aromatic carbocycles. The molecule has 0 radical (unpaired) electrons. The number of aliphatic imine (C=N–C) groups is 1. The van der Waals surface area contributed by atoms with Crippen LogP contribution in [-0.2, 0) is 11.2 Å². The summed E-state index contributed by atoms with van der Waals surface area (Å²) in [4.78, 5) is 18.5. The number of carbonyl (C=O) groups excluding carboxylic acids is 1. The fourth-order valence-corrected chi connectivity index (χ4v) is 3.55. The number of ether oxygens (including phenoxy) is 4. The maximum atomic E-state index is 12.0. The van der Waals surface area contributed by atoms with Crippen LogP contribution in [0.4, 0.5) is 4.79 Å². The largest absolute Gasteiger partial charge is 0.493 e. The summed E-state index contributed by atoms with van der Waals surface area (Å²) in [6.45, 7) is 7.71. The Kier molecular flexibility index (Phi) is 8.65. The molecule has 0 aliphatic carbocycles. The van der Waals surface area contributed by atoms with Crippen LogP contribution in [0.1, 0.15) is 32.8 Å². The van der Waals surface area contributed by atoms with Gasteiger partial charge >= 0.3 is 6.09 Å². The molecular formula is C22H36N4O5. The molecule has 0 aromatic heterocycles. The van der Waals surface area contributed by atoms with Crippen LogP contribution in [0.5, 0.6) is 17.2 Å². The van der Waals surface area contributed by atoms with E-state index < -0.39 is 5.60 Å². The number of guanidine groups is 1. The highest BCUT2D eigenvalue weighted by molar-refractivity contribution is 5.80. The van der Waals surface area contributed by atoms with E-state index in [4.69, 9.17) is 18.9 Å². The third-order valence-electron chi connectivity index (χ3n) is 4.88. The molecule has 1 saturated heterocycles. The van der Waals surface area contributed by atoms with Gasteiger partial charge in [-0.25, -0.2) is 4.79 Å². The highest BCUT2D eigenvalue weighted by atomic mass is 16.6. The van der Waals surface area contributed by atoms with E-state index in [1.807, 2.05) is 32.9 Å². The monoisotopic (exact) mass is 436 g/mol. The maximum Gasteiger partial charge on any atom is 0.407 e. The molecule has 0 spiro atoms. The van der Waals surface area contributed by atoms with Gasteiger partial charge in [0.2, 0.25) is 5.75 Å². The first-order chi connectivity index (χ1) is 14.7. The number of methoxy groups -OCH3 is 3. The lowest BCUT2D eigenvalue weighted by atomic mass is 10.1. The highest BCUT2D eigenvalue weighted by Gasteiger charge is 2.28. The van der Waals surface area contributed by atoms with E-state index in [1.54, 1.807) is 28.4 Å². The Hall–Kier alpha value is -2.84. The summed E-state index contributed by atoms with van der Waals surface area (Å²) < 4.78 is 21.7. The summed E-state index contributed by atoms with van der Waals surface area (Å²) in [6, 6.07) is 3.87. The molecule has 2 rings (SSSR count). The summed E-state index contributed by atoms with van der Waals surface area (Å²) in [5.74, 6) is 2.68.